The minimum Gasteiger partial charge on any atom is -0.461 e. The summed E-state index contributed by atoms with van der Waals surface area (Å²) in [6.45, 7) is 7.13. The zero-order valence-corrected chi connectivity index (χ0v) is 21.0. The first-order valence-electron chi connectivity index (χ1n) is 12.4. The van der Waals surface area contributed by atoms with E-state index in [-0.39, 0.29) is 24.0 Å². The predicted molar refractivity (Wildman–Crippen MR) is 137 cm³/mol. The molecular weight excluding hydrogens is 466 g/mol. The molecule has 0 radical (unpaired) electrons. The van der Waals surface area contributed by atoms with E-state index in [1.165, 1.54) is 5.69 Å². The van der Waals surface area contributed by atoms with E-state index >= 15 is 0 Å². The van der Waals surface area contributed by atoms with E-state index in [4.69, 9.17) is 26.1 Å². The van der Waals surface area contributed by atoms with Crippen LogP contribution in [0.2, 0.25) is 5.02 Å². The lowest BCUT2D eigenvalue weighted by atomic mass is 9.92. The van der Waals surface area contributed by atoms with Crippen molar-refractivity contribution in [1.29, 1.82) is 0 Å². The van der Waals surface area contributed by atoms with E-state index in [1.807, 2.05) is 32.0 Å². The minimum atomic E-state index is 0.00597. The second-order valence-corrected chi connectivity index (χ2v) is 10.0. The van der Waals surface area contributed by atoms with Crippen molar-refractivity contribution in [3.05, 3.63) is 35.4 Å². The average molecular weight is 498 g/mol. The van der Waals surface area contributed by atoms with E-state index in [2.05, 4.69) is 32.3 Å². The molecule has 1 aliphatic heterocycles. The first kappa shape index (κ1) is 23.9. The summed E-state index contributed by atoms with van der Waals surface area (Å²) in [5.41, 5.74) is 4.14. The van der Waals surface area contributed by atoms with Gasteiger partial charge in [0.15, 0.2) is 5.65 Å². The Kier molecular flexibility index (Phi) is 7.11. The highest BCUT2D eigenvalue weighted by molar-refractivity contribution is 6.33. The molecular formula is C26H32ClN5O3. The number of benzene rings is 1. The van der Waals surface area contributed by atoms with Crippen LogP contribution in [0.25, 0.3) is 22.4 Å². The molecule has 3 heterocycles. The molecule has 186 valence electrons. The first-order chi connectivity index (χ1) is 17.0. The molecule has 0 unspecified atom stereocenters. The Morgan fingerprint density at radius 2 is 1.86 bits per heavy atom. The summed E-state index contributed by atoms with van der Waals surface area (Å²) in [4.78, 5) is 26.8. The Morgan fingerprint density at radius 1 is 1.14 bits per heavy atom. The van der Waals surface area contributed by atoms with Gasteiger partial charge in [0.1, 0.15) is 6.10 Å². The fourth-order valence-corrected chi connectivity index (χ4v) is 4.92. The van der Waals surface area contributed by atoms with Gasteiger partial charge in [-0.2, -0.15) is 4.98 Å². The number of morpholine rings is 1. The molecule has 1 aromatic carbocycles. The van der Waals surface area contributed by atoms with Gasteiger partial charge in [-0.15, -0.1) is 0 Å². The summed E-state index contributed by atoms with van der Waals surface area (Å²) in [6.07, 6.45) is 3.60. The molecule has 1 amide bonds. The van der Waals surface area contributed by atoms with E-state index in [0.29, 0.717) is 22.4 Å². The summed E-state index contributed by atoms with van der Waals surface area (Å²) in [7, 11) is 0. The van der Waals surface area contributed by atoms with Crippen LogP contribution in [-0.2, 0) is 9.53 Å². The number of rotatable bonds is 6. The van der Waals surface area contributed by atoms with Crippen molar-refractivity contribution in [1.82, 2.24) is 20.3 Å². The van der Waals surface area contributed by atoms with Crippen LogP contribution in [0.5, 0.6) is 6.01 Å². The number of aromatic nitrogens is 3. The first-order valence-corrected chi connectivity index (χ1v) is 12.8. The molecule has 1 aliphatic carbocycles. The maximum Gasteiger partial charge on any atom is 0.296 e. The Morgan fingerprint density at radius 3 is 2.54 bits per heavy atom. The third kappa shape index (κ3) is 5.54. The standard InChI is InChI=1S/C26H32ClN5O3/c1-16(2)25(33)28-18-5-9-20(10-6-18)35-26-29-22-15-21(27)23(30-24(22)31-26)17-3-7-19(8-4-17)32-11-13-34-14-12-32/h3-4,7-8,15-16,18,20H,5-6,9-14H2,1-2H3,(H,28,33)(H,29,30,31). The van der Waals surface area contributed by atoms with Crippen LogP contribution >= 0.6 is 11.6 Å². The van der Waals surface area contributed by atoms with Gasteiger partial charge in [0.2, 0.25) is 5.91 Å². The lowest BCUT2D eigenvalue weighted by molar-refractivity contribution is -0.125. The number of pyridine rings is 1. The Hall–Kier alpha value is -2.84. The number of carbonyl (C=O) groups is 1. The van der Waals surface area contributed by atoms with Crippen LogP contribution in [0.4, 0.5) is 5.69 Å². The molecule has 0 spiro atoms. The molecule has 0 atom stereocenters. The monoisotopic (exact) mass is 497 g/mol. The molecule has 2 fully saturated rings. The predicted octanol–water partition coefficient (Wildman–Crippen LogP) is 4.58. The van der Waals surface area contributed by atoms with Crippen molar-refractivity contribution < 1.29 is 14.3 Å². The summed E-state index contributed by atoms with van der Waals surface area (Å²) < 4.78 is 11.6. The number of carbonyl (C=O) groups excluding carboxylic acids is 1. The van der Waals surface area contributed by atoms with Gasteiger partial charge in [0.05, 0.1) is 29.4 Å². The third-order valence-corrected chi connectivity index (χ3v) is 7.03. The molecule has 1 saturated heterocycles. The van der Waals surface area contributed by atoms with Gasteiger partial charge < -0.3 is 24.7 Å². The van der Waals surface area contributed by atoms with Crippen LogP contribution in [0.1, 0.15) is 39.5 Å². The fraction of sp³-hybridized carbons (Fsp3) is 0.500. The quantitative estimate of drug-likeness (QED) is 0.518. The normalized spacial score (nSPS) is 20.9. The minimum absolute atomic E-state index is 0.00597. The van der Waals surface area contributed by atoms with Crippen molar-refractivity contribution in [3.8, 4) is 17.3 Å². The van der Waals surface area contributed by atoms with Crippen LogP contribution in [0.15, 0.2) is 30.3 Å². The number of nitrogens with zero attached hydrogens (tertiary/aromatic N) is 3. The number of fused-ring (bicyclic) bond motifs is 1. The van der Waals surface area contributed by atoms with Gasteiger partial charge in [-0.3, -0.25) is 4.79 Å². The van der Waals surface area contributed by atoms with Crippen LogP contribution in [-0.4, -0.2) is 59.3 Å². The lowest BCUT2D eigenvalue weighted by Crippen LogP contribution is -2.41. The molecule has 1 saturated carbocycles. The molecule has 2 aromatic heterocycles. The van der Waals surface area contributed by atoms with E-state index in [1.54, 1.807) is 0 Å². The number of ether oxygens (including phenoxy) is 2. The largest absolute Gasteiger partial charge is 0.461 e. The zero-order chi connectivity index (χ0) is 24.4. The van der Waals surface area contributed by atoms with Gasteiger partial charge in [-0.1, -0.05) is 37.6 Å². The number of hydrogen-bond acceptors (Lipinski definition) is 6. The number of hydrogen-bond donors (Lipinski definition) is 2. The highest BCUT2D eigenvalue weighted by Gasteiger charge is 2.25. The van der Waals surface area contributed by atoms with Crippen LogP contribution < -0.4 is 15.0 Å². The van der Waals surface area contributed by atoms with Crippen LogP contribution in [0, 0.1) is 5.92 Å². The molecule has 9 heteroatoms. The Bertz CT molecular complexity index is 1170. The summed E-state index contributed by atoms with van der Waals surface area (Å²) >= 11 is 6.59. The van der Waals surface area contributed by atoms with Gasteiger partial charge in [0.25, 0.3) is 6.01 Å². The van der Waals surface area contributed by atoms with E-state index in [9.17, 15) is 4.79 Å². The highest BCUT2D eigenvalue weighted by atomic mass is 35.5. The van der Waals surface area contributed by atoms with Crippen molar-refractivity contribution in [2.24, 2.45) is 5.92 Å². The molecule has 35 heavy (non-hydrogen) atoms. The number of H-pyrrole nitrogens is 1. The van der Waals surface area contributed by atoms with Gasteiger partial charge in [-0.05, 0) is 43.9 Å². The molecule has 3 aromatic rings. The van der Waals surface area contributed by atoms with Gasteiger partial charge >= 0.3 is 0 Å². The Labute approximate surface area is 210 Å². The molecule has 2 aliphatic rings. The van der Waals surface area contributed by atoms with Crippen molar-refractivity contribution in [2.45, 2.75) is 51.7 Å². The summed E-state index contributed by atoms with van der Waals surface area (Å²) in [5, 5.41) is 3.69. The average Bonchev–Trinajstić information content (AvgIpc) is 3.26. The number of nitrogens with one attached hydrogen (secondary N) is 2. The number of anilines is 1. The second-order valence-electron chi connectivity index (χ2n) is 9.63. The summed E-state index contributed by atoms with van der Waals surface area (Å²) in [5.74, 6) is 0.118. The SMILES string of the molecule is CC(C)C(=O)NC1CCC(Oc2nc3nc(-c4ccc(N5CCOCC5)cc4)c(Cl)cc3[nH]2)CC1. The zero-order valence-electron chi connectivity index (χ0n) is 20.2. The van der Waals surface area contributed by atoms with E-state index < -0.39 is 0 Å². The second kappa shape index (κ2) is 10.4. The van der Waals surface area contributed by atoms with Gasteiger partial charge in [0, 0.05) is 36.3 Å². The topological polar surface area (TPSA) is 92.4 Å². The van der Waals surface area contributed by atoms with Crippen molar-refractivity contribution in [3.63, 3.8) is 0 Å². The highest BCUT2D eigenvalue weighted by Crippen LogP contribution is 2.31. The van der Waals surface area contributed by atoms with E-state index in [0.717, 1.165) is 63.1 Å². The molecule has 5 rings (SSSR count). The number of amides is 1. The molecule has 0 bridgehead atoms. The smallest absolute Gasteiger partial charge is 0.296 e. The van der Waals surface area contributed by atoms with Crippen LogP contribution in [0.3, 0.4) is 0 Å². The summed E-state index contributed by atoms with van der Waals surface area (Å²) in [6, 6.07) is 10.8. The number of aromatic amines is 1. The molecule has 2 N–H and O–H groups in total. The fourth-order valence-electron chi connectivity index (χ4n) is 4.66. The number of halogens is 1. The van der Waals surface area contributed by atoms with Crippen molar-refractivity contribution >= 4 is 34.4 Å². The van der Waals surface area contributed by atoms with Gasteiger partial charge in [-0.25, -0.2) is 4.98 Å². The lowest BCUT2D eigenvalue weighted by Gasteiger charge is -2.29. The van der Waals surface area contributed by atoms with Crippen molar-refractivity contribution in [2.75, 3.05) is 31.2 Å². The molecule has 8 nitrogen and oxygen atoms in total. The third-order valence-electron chi connectivity index (χ3n) is 6.75. The Balaban J connectivity index is 1.25. The number of imidazole rings is 1. The maximum absolute atomic E-state index is 11.9. The maximum atomic E-state index is 11.9.